The van der Waals surface area contributed by atoms with E-state index in [-0.39, 0.29) is 56.8 Å². The first-order valence-corrected chi connectivity index (χ1v) is 15.5. The number of nitrogens with two attached hydrogens (primary N) is 1. The predicted octanol–water partition coefficient (Wildman–Crippen LogP) is 3.82. The molecule has 0 spiro atoms. The lowest BCUT2D eigenvalue weighted by Crippen LogP contribution is -2.56. The Morgan fingerprint density at radius 3 is 2.65 bits per heavy atom. The van der Waals surface area contributed by atoms with Crippen LogP contribution in [0.15, 0.2) is 42.7 Å². The van der Waals surface area contributed by atoms with Gasteiger partial charge in [0.25, 0.3) is 0 Å². The van der Waals surface area contributed by atoms with Crippen molar-refractivity contribution in [2.24, 2.45) is 5.73 Å². The molecule has 4 unspecified atom stereocenters. The van der Waals surface area contributed by atoms with E-state index < -0.39 is 47.0 Å². The summed E-state index contributed by atoms with van der Waals surface area (Å²) in [7, 11) is 0. The number of aromatic carboxylic acids is 1. The van der Waals surface area contributed by atoms with Crippen LogP contribution in [-0.4, -0.2) is 83.3 Å². The summed E-state index contributed by atoms with van der Waals surface area (Å²) in [5.74, 6) is -5.14. The van der Waals surface area contributed by atoms with Gasteiger partial charge in [-0.05, 0) is 73.1 Å². The number of nitrogens with zero attached hydrogens (tertiary/aromatic N) is 3. The molecule has 5 rings (SSSR count). The lowest BCUT2D eigenvalue weighted by molar-refractivity contribution is -0.139. The SMILES string of the molecule is CC1C(c2c(F)ccc(F)c2F)CC(N)C(=O)N1CCOCCOC/C=C/c1cnc(NC=O)c(C2Cc3cc(C(=O)O)cnc3C2)c1. The van der Waals surface area contributed by atoms with Gasteiger partial charge in [0.2, 0.25) is 12.3 Å². The van der Waals surface area contributed by atoms with Crippen LogP contribution >= 0.6 is 0 Å². The molecule has 1 aliphatic heterocycles. The third kappa shape index (κ3) is 7.72. The largest absolute Gasteiger partial charge is 0.478 e. The zero-order valence-corrected chi connectivity index (χ0v) is 26.2. The van der Waals surface area contributed by atoms with Gasteiger partial charge in [-0.15, -0.1) is 0 Å². The number of carbonyl (C=O) groups is 3. The number of carbonyl (C=O) groups excluding carboxylic acids is 2. The van der Waals surface area contributed by atoms with Crippen molar-refractivity contribution in [3.63, 3.8) is 0 Å². The van der Waals surface area contributed by atoms with E-state index in [2.05, 4.69) is 15.3 Å². The summed E-state index contributed by atoms with van der Waals surface area (Å²) in [5.41, 5.74) is 8.98. The molecular weight excluding hydrogens is 631 g/mol. The minimum atomic E-state index is -1.27. The fourth-order valence-corrected chi connectivity index (χ4v) is 6.36. The minimum absolute atomic E-state index is 0.00511. The van der Waals surface area contributed by atoms with Crippen LogP contribution in [0, 0.1) is 17.5 Å². The number of amides is 2. The van der Waals surface area contributed by atoms with Crippen molar-refractivity contribution in [1.82, 2.24) is 14.9 Å². The number of hydrogen-bond acceptors (Lipinski definition) is 8. The van der Waals surface area contributed by atoms with Gasteiger partial charge >= 0.3 is 5.97 Å². The Labute approximate surface area is 275 Å². The number of pyridine rings is 2. The number of anilines is 1. The number of halogens is 3. The van der Waals surface area contributed by atoms with Gasteiger partial charge in [-0.1, -0.05) is 12.2 Å². The molecule has 1 aromatic carbocycles. The molecule has 4 N–H and O–H groups in total. The summed E-state index contributed by atoms with van der Waals surface area (Å²) in [6.07, 6.45) is 8.31. The van der Waals surface area contributed by atoms with E-state index in [1.54, 1.807) is 25.3 Å². The number of ether oxygens (including phenoxy) is 2. The van der Waals surface area contributed by atoms with E-state index in [1.807, 2.05) is 12.1 Å². The molecule has 11 nitrogen and oxygen atoms in total. The van der Waals surface area contributed by atoms with Crippen LogP contribution in [-0.2, 0) is 31.9 Å². The molecule has 3 heterocycles. The van der Waals surface area contributed by atoms with Gasteiger partial charge in [0.1, 0.15) is 11.6 Å². The Kier molecular flexibility index (Phi) is 11.2. The maximum atomic E-state index is 14.5. The van der Waals surface area contributed by atoms with Crippen LogP contribution in [0.25, 0.3) is 6.08 Å². The number of carboxylic acids is 1. The normalized spacial score (nSPS) is 20.7. The average molecular weight is 668 g/mol. The molecule has 2 amide bonds. The van der Waals surface area contributed by atoms with E-state index in [1.165, 1.54) is 11.1 Å². The number of fused-ring (bicyclic) bond motifs is 1. The lowest BCUT2D eigenvalue weighted by atomic mass is 9.81. The van der Waals surface area contributed by atoms with Crippen LogP contribution in [0.5, 0.6) is 0 Å². The van der Waals surface area contributed by atoms with Crippen molar-refractivity contribution in [3.05, 3.63) is 93.7 Å². The molecule has 48 heavy (non-hydrogen) atoms. The second kappa shape index (κ2) is 15.5. The summed E-state index contributed by atoms with van der Waals surface area (Å²) in [6, 6.07) is 3.54. The molecule has 1 aliphatic carbocycles. The maximum absolute atomic E-state index is 14.5. The van der Waals surface area contributed by atoms with Crippen molar-refractivity contribution in [2.45, 2.75) is 50.1 Å². The lowest BCUT2D eigenvalue weighted by Gasteiger charge is -2.42. The van der Waals surface area contributed by atoms with Gasteiger partial charge in [-0.25, -0.2) is 22.9 Å². The molecule has 0 saturated carbocycles. The summed E-state index contributed by atoms with van der Waals surface area (Å²) in [6.45, 7) is 2.68. The molecular formula is C34H36F3N5O6. The van der Waals surface area contributed by atoms with Gasteiger partial charge in [0, 0.05) is 42.2 Å². The number of carboxylic acid groups (broad SMARTS) is 1. The average Bonchev–Trinajstić information content (AvgIpc) is 3.50. The highest BCUT2D eigenvalue weighted by atomic mass is 19.2. The second-order valence-corrected chi connectivity index (χ2v) is 11.8. The standard InChI is InChI=1S/C34H36F3N5O6/c1-19-24(30-26(35)4-5-27(36)31(30)37)15-28(38)33(44)42(19)6-8-48-10-9-47-7-2-3-20-11-25(32(40-16-20)41-18-43)21-12-22-13-23(34(45)46)17-39-29(22)14-21/h2-5,11,13,16-19,21,24,28H,6-10,12,14-15,38H2,1H3,(H,45,46)(H,40,41,43)/b3-2+. The zero-order chi connectivity index (χ0) is 34.4. The molecule has 254 valence electrons. The van der Waals surface area contributed by atoms with E-state index in [4.69, 9.17) is 15.2 Å². The number of aromatic nitrogens is 2. The summed E-state index contributed by atoms with van der Waals surface area (Å²) in [4.78, 5) is 45.4. The highest BCUT2D eigenvalue weighted by Crippen LogP contribution is 2.37. The van der Waals surface area contributed by atoms with Crippen molar-refractivity contribution < 1.29 is 42.1 Å². The zero-order valence-electron chi connectivity index (χ0n) is 26.2. The highest BCUT2D eigenvalue weighted by Gasteiger charge is 2.41. The molecule has 0 bridgehead atoms. The third-order valence-electron chi connectivity index (χ3n) is 8.79. The smallest absolute Gasteiger partial charge is 0.337 e. The Bertz CT molecular complexity index is 1710. The fourth-order valence-electron chi connectivity index (χ4n) is 6.36. The third-order valence-corrected chi connectivity index (χ3v) is 8.79. The van der Waals surface area contributed by atoms with Gasteiger partial charge in [-0.2, -0.15) is 0 Å². The number of nitrogens with one attached hydrogen (secondary N) is 1. The van der Waals surface area contributed by atoms with Crippen molar-refractivity contribution >= 4 is 30.2 Å². The molecule has 2 aromatic heterocycles. The number of rotatable bonds is 14. The Hall–Kier alpha value is -4.66. The first-order valence-electron chi connectivity index (χ1n) is 15.5. The highest BCUT2D eigenvalue weighted by molar-refractivity contribution is 5.87. The summed E-state index contributed by atoms with van der Waals surface area (Å²) in [5, 5.41) is 11.9. The van der Waals surface area contributed by atoms with E-state index in [0.717, 1.165) is 34.5 Å². The van der Waals surface area contributed by atoms with Crippen LogP contribution < -0.4 is 11.1 Å². The second-order valence-electron chi connectivity index (χ2n) is 11.8. The van der Waals surface area contributed by atoms with Crippen LogP contribution in [0.3, 0.4) is 0 Å². The predicted molar refractivity (Wildman–Crippen MR) is 169 cm³/mol. The molecule has 14 heteroatoms. The van der Waals surface area contributed by atoms with Gasteiger partial charge in [0.15, 0.2) is 11.6 Å². The maximum Gasteiger partial charge on any atom is 0.337 e. The van der Waals surface area contributed by atoms with Crippen LogP contribution in [0.1, 0.15) is 63.5 Å². The molecule has 1 fully saturated rings. The molecule has 2 aliphatic rings. The first kappa shape index (κ1) is 34.7. The van der Waals surface area contributed by atoms with E-state index >= 15 is 0 Å². The Balaban J connectivity index is 1.08. The van der Waals surface area contributed by atoms with E-state index in [9.17, 15) is 32.7 Å². The Morgan fingerprint density at radius 2 is 1.88 bits per heavy atom. The van der Waals surface area contributed by atoms with E-state index in [0.29, 0.717) is 25.1 Å². The first-order chi connectivity index (χ1) is 23.1. The number of benzene rings is 1. The van der Waals surface area contributed by atoms with Crippen LogP contribution in [0.4, 0.5) is 19.0 Å². The quantitative estimate of drug-likeness (QED) is 0.132. The Morgan fingerprint density at radius 1 is 1.10 bits per heavy atom. The topological polar surface area (TPSA) is 157 Å². The number of likely N-dealkylation sites (tertiary alicyclic amines) is 1. The van der Waals surface area contributed by atoms with Gasteiger partial charge in [0.05, 0.1) is 38.0 Å². The number of piperidine rings is 1. The minimum Gasteiger partial charge on any atom is -0.478 e. The molecule has 1 saturated heterocycles. The van der Waals surface area contributed by atoms with Crippen molar-refractivity contribution in [2.75, 3.05) is 38.3 Å². The number of hydrogen-bond donors (Lipinski definition) is 3. The van der Waals surface area contributed by atoms with Crippen molar-refractivity contribution in [3.8, 4) is 0 Å². The monoisotopic (exact) mass is 667 g/mol. The molecule has 0 radical (unpaired) electrons. The van der Waals surface area contributed by atoms with Crippen molar-refractivity contribution in [1.29, 1.82) is 0 Å². The van der Waals surface area contributed by atoms with Gasteiger partial charge < -0.3 is 30.5 Å². The fraction of sp³-hybridized carbons (Fsp3) is 0.382. The summed E-state index contributed by atoms with van der Waals surface area (Å²) >= 11 is 0. The van der Waals surface area contributed by atoms with Crippen LogP contribution in [0.2, 0.25) is 0 Å². The van der Waals surface area contributed by atoms with Gasteiger partial charge in [-0.3, -0.25) is 14.6 Å². The summed E-state index contributed by atoms with van der Waals surface area (Å²) < 4.78 is 54.1. The molecule has 4 atom stereocenters. The molecule has 3 aromatic rings.